The Morgan fingerprint density at radius 1 is 0.933 bits per heavy atom. The summed E-state index contributed by atoms with van der Waals surface area (Å²) in [4.78, 5) is 0. The van der Waals surface area contributed by atoms with E-state index in [2.05, 4.69) is 37.3 Å². The Kier molecular flexibility index (Phi) is 5.95. The lowest BCUT2D eigenvalue weighted by Crippen LogP contribution is -2.13. The highest BCUT2D eigenvalue weighted by atomic mass is 19.1. The molecule has 3 heteroatoms. The van der Waals surface area contributed by atoms with Crippen molar-refractivity contribution < 1.29 is 8.78 Å². The number of nitrogens with zero attached hydrogens (tertiary/aromatic N) is 1. The largest absolute Gasteiger partial charge is 0.205 e. The average Bonchev–Trinajstić information content (AvgIpc) is 2.77. The standard InChI is InChI=1S/C27H25F2N/c1-2-3-4-18-5-7-19(8-6-18)20-9-10-22-14-23(12-11-21(22)13-20)24-15-26(28)25(17-30)27(29)16-24/h5-8,11-12,14-16,20H,2-4,9-10,13H2,1H3. The summed E-state index contributed by atoms with van der Waals surface area (Å²) in [6.07, 6.45) is 6.59. The van der Waals surface area contributed by atoms with Crippen LogP contribution in [0.15, 0.2) is 54.6 Å². The van der Waals surface area contributed by atoms with Crippen molar-refractivity contribution in [3.63, 3.8) is 0 Å². The summed E-state index contributed by atoms with van der Waals surface area (Å²) in [6, 6.07) is 19.2. The van der Waals surface area contributed by atoms with E-state index >= 15 is 0 Å². The van der Waals surface area contributed by atoms with Gasteiger partial charge in [-0.05, 0) is 83.5 Å². The maximum Gasteiger partial charge on any atom is 0.144 e. The van der Waals surface area contributed by atoms with Crippen LogP contribution in [0, 0.1) is 23.0 Å². The second-order valence-electron chi connectivity index (χ2n) is 8.20. The van der Waals surface area contributed by atoms with E-state index in [4.69, 9.17) is 5.26 Å². The Bertz CT molecular complexity index is 1070. The molecule has 1 unspecified atom stereocenters. The van der Waals surface area contributed by atoms with Crippen molar-refractivity contribution in [1.82, 2.24) is 0 Å². The van der Waals surface area contributed by atoms with Gasteiger partial charge in [-0.1, -0.05) is 55.8 Å². The molecular weight excluding hydrogens is 376 g/mol. The number of unbranched alkanes of at least 4 members (excludes halogenated alkanes) is 1. The average molecular weight is 402 g/mol. The number of aryl methyl sites for hydroxylation is 2. The molecule has 0 heterocycles. The Morgan fingerprint density at radius 3 is 2.33 bits per heavy atom. The molecule has 4 rings (SSSR count). The van der Waals surface area contributed by atoms with Gasteiger partial charge < -0.3 is 0 Å². The summed E-state index contributed by atoms with van der Waals surface area (Å²) >= 11 is 0. The molecule has 1 nitrogen and oxygen atoms in total. The zero-order valence-corrected chi connectivity index (χ0v) is 17.2. The number of fused-ring (bicyclic) bond motifs is 1. The van der Waals surface area contributed by atoms with E-state index in [9.17, 15) is 8.78 Å². The quantitative estimate of drug-likeness (QED) is 0.446. The van der Waals surface area contributed by atoms with Gasteiger partial charge in [0.1, 0.15) is 23.3 Å². The second kappa shape index (κ2) is 8.79. The van der Waals surface area contributed by atoms with Gasteiger partial charge in [0.25, 0.3) is 0 Å². The fourth-order valence-electron chi connectivity index (χ4n) is 4.40. The first-order chi connectivity index (χ1) is 14.6. The summed E-state index contributed by atoms with van der Waals surface area (Å²) in [6.45, 7) is 2.22. The van der Waals surface area contributed by atoms with Crippen molar-refractivity contribution in [2.75, 3.05) is 0 Å². The summed E-state index contributed by atoms with van der Waals surface area (Å²) in [5.74, 6) is -1.12. The van der Waals surface area contributed by atoms with E-state index in [1.807, 2.05) is 12.1 Å². The smallest absolute Gasteiger partial charge is 0.144 e. The predicted molar refractivity (Wildman–Crippen MR) is 116 cm³/mol. The number of benzene rings is 3. The molecule has 0 aliphatic heterocycles. The molecule has 3 aromatic carbocycles. The lowest BCUT2D eigenvalue weighted by atomic mass is 9.79. The third kappa shape index (κ3) is 4.14. The molecule has 0 saturated heterocycles. The van der Waals surface area contributed by atoms with Crippen LogP contribution < -0.4 is 0 Å². The topological polar surface area (TPSA) is 23.8 Å². The van der Waals surface area contributed by atoms with Crippen LogP contribution in [0.2, 0.25) is 0 Å². The number of hydrogen-bond acceptors (Lipinski definition) is 1. The fraction of sp³-hybridized carbons (Fsp3) is 0.296. The molecule has 0 bridgehead atoms. The van der Waals surface area contributed by atoms with E-state index in [0.29, 0.717) is 11.5 Å². The van der Waals surface area contributed by atoms with Crippen molar-refractivity contribution in [2.45, 2.75) is 51.4 Å². The lowest BCUT2D eigenvalue weighted by molar-refractivity contribution is 0.577. The maximum atomic E-state index is 14.0. The minimum absolute atomic E-state index is 0.469. The number of halogens is 2. The van der Waals surface area contributed by atoms with Crippen LogP contribution in [0.5, 0.6) is 0 Å². The Labute approximate surface area is 177 Å². The van der Waals surface area contributed by atoms with Crippen molar-refractivity contribution in [3.05, 3.63) is 94.0 Å². The molecule has 0 aromatic heterocycles. The summed E-state index contributed by atoms with van der Waals surface area (Å²) in [5.41, 5.74) is 6.07. The van der Waals surface area contributed by atoms with Gasteiger partial charge in [-0.2, -0.15) is 5.26 Å². The van der Waals surface area contributed by atoms with Gasteiger partial charge in [-0.15, -0.1) is 0 Å². The molecular formula is C27H25F2N. The Morgan fingerprint density at radius 2 is 1.67 bits per heavy atom. The summed E-state index contributed by atoms with van der Waals surface area (Å²) < 4.78 is 28.0. The first kappa shape index (κ1) is 20.3. The van der Waals surface area contributed by atoms with Crippen LogP contribution in [0.1, 0.15) is 59.9 Å². The van der Waals surface area contributed by atoms with Gasteiger partial charge in [-0.3, -0.25) is 0 Å². The Hall–Kier alpha value is -2.99. The molecule has 0 fully saturated rings. The zero-order chi connectivity index (χ0) is 21.1. The molecule has 0 saturated carbocycles. The molecule has 1 atom stereocenters. The normalized spacial score (nSPS) is 15.5. The fourth-order valence-corrected chi connectivity index (χ4v) is 4.40. The van der Waals surface area contributed by atoms with Crippen molar-refractivity contribution >= 4 is 0 Å². The maximum absolute atomic E-state index is 14.0. The molecule has 30 heavy (non-hydrogen) atoms. The number of rotatable bonds is 5. The summed E-state index contributed by atoms with van der Waals surface area (Å²) in [7, 11) is 0. The molecule has 152 valence electrons. The highest BCUT2D eigenvalue weighted by Gasteiger charge is 2.21. The van der Waals surface area contributed by atoms with E-state index in [-0.39, 0.29) is 0 Å². The first-order valence-corrected chi connectivity index (χ1v) is 10.7. The Balaban J connectivity index is 1.53. The molecule has 0 radical (unpaired) electrons. The third-order valence-corrected chi connectivity index (χ3v) is 6.19. The molecule has 0 N–H and O–H groups in total. The highest BCUT2D eigenvalue weighted by molar-refractivity contribution is 5.66. The molecule has 3 aromatic rings. The van der Waals surface area contributed by atoms with Gasteiger partial charge >= 0.3 is 0 Å². The lowest BCUT2D eigenvalue weighted by Gasteiger charge is -2.26. The van der Waals surface area contributed by atoms with Crippen molar-refractivity contribution in [1.29, 1.82) is 5.26 Å². The van der Waals surface area contributed by atoms with E-state index < -0.39 is 17.2 Å². The van der Waals surface area contributed by atoms with Gasteiger partial charge in [0, 0.05) is 0 Å². The monoisotopic (exact) mass is 401 g/mol. The van der Waals surface area contributed by atoms with Gasteiger partial charge in [0.05, 0.1) is 0 Å². The minimum atomic E-state index is -0.812. The van der Waals surface area contributed by atoms with Gasteiger partial charge in [0.2, 0.25) is 0 Å². The van der Waals surface area contributed by atoms with Gasteiger partial charge in [0.15, 0.2) is 0 Å². The van der Waals surface area contributed by atoms with Crippen LogP contribution in [0.4, 0.5) is 8.78 Å². The van der Waals surface area contributed by atoms with Crippen LogP contribution >= 0.6 is 0 Å². The number of nitriles is 1. The summed E-state index contributed by atoms with van der Waals surface area (Å²) in [5, 5.41) is 8.86. The number of hydrogen-bond donors (Lipinski definition) is 0. The van der Waals surface area contributed by atoms with E-state index in [1.165, 1.54) is 47.2 Å². The SMILES string of the molecule is CCCCc1ccc(C2CCc3cc(-c4cc(F)c(C#N)c(F)c4)ccc3C2)cc1. The van der Waals surface area contributed by atoms with Crippen LogP contribution in [0.25, 0.3) is 11.1 Å². The molecule has 0 amide bonds. The first-order valence-electron chi connectivity index (χ1n) is 10.7. The van der Waals surface area contributed by atoms with Crippen molar-refractivity contribution in [3.8, 4) is 17.2 Å². The van der Waals surface area contributed by atoms with Gasteiger partial charge in [-0.25, -0.2) is 8.78 Å². The molecule has 1 aliphatic rings. The van der Waals surface area contributed by atoms with E-state index in [0.717, 1.165) is 31.2 Å². The molecule has 1 aliphatic carbocycles. The molecule has 0 spiro atoms. The highest BCUT2D eigenvalue weighted by Crippen LogP contribution is 2.35. The zero-order valence-electron chi connectivity index (χ0n) is 17.2. The third-order valence-electron chi connectivity index (χ3n) is 6.19. The second-order valence-corrected chi connectivity index (χ2v) is 8.20. The van der Waals surface area contributed by atoms with Crippen molar-refractivity contribution in [2.24, 2.45) is 0 Å². The van der Waals surface area contributed by atoms with E-state index in [1.54, 1.807) is 6.07 Å². The van der Waals surface area contributed by atoms with Crippen LogP contribution in [-0.2, 0) is 19.3 Å². The van der Waals surface area contributed by atoms with Crippen LogP contribution in [-0.4, -0.2) is 0 Å². The van der Waals surface area contributed by atoms with Crippen LogP contribution in [0.3, 0.4) is 0 Å². The minimum Gasteiger partial charge on any atom is -0.205 e. The predicted octanol–water partition coefficient (Wildman–Crippen LogP) is 7.12.